The van der Waals surface area contributed by atoms with Gasteiger partial charge in [-0.15, -0.1) is 0 Å². The first-order valence-electron chi connectivity index (χ1n) is 6.80. The lowest BCUT2D eigenvalue weighted by atomic mass is 10.2. The van der Waals surface area contributed by atoms with Crippen LogP contribution in [0, 0.1) is 0 Å². The molecule has 2 aromatic rings. The van der Waals surface area contributed by atoms with Gasteiger partial charge in [0.2, 0.25) is 0 Å². The summed E-state index contributed by atoms with van der Waals surface area (Å²) in [7, 11) is 1.53. The minimum absolute atomic E-state index is 0.00233. The average molecular weight is 305 g/mol. The summed E-state index contributed by atoms with van der Waals surface area (Å²) in [5.74, 6) is -0.732. The van der Waals surface area contributed by atoms with Crippen LogP contribution < -0.4 is 4.74 Å². The predicted molar refractivity (Wildman–Crippen MR) is 76.0 cm³/mol. The zero-order valence-electron chi connectivity index (χ0n) is 11.9. The number of ether oxygens (including phenoxy) is 2. The van der Waals surface area contributed by atoms with Crippen LogP contribution >= 0.6 is 0 Å². The first kappa shape index (κ1) is 14.4. The molecule has 0 saturated carbocycles. The van der Waals surface area contributed by atoms with Crippen LogP contribution in [0.3, 0.4) is 0 Å². The summed E-state index contributed by atoms with van der Waals surface area (Å²) in [5, 5.41) is 9.74. The molecule has 1 aromatic heterocycles. The molecule has 22 heavy (non-hydrogen) atoms. The lowest BCUT2D eigenvalue weighted by Gasteiger charge is -2.30. The van der Waals surface area contributed by atoms with Crippen molar-refractivity contribution in [3.63, 3.8) is 0 Å². The van der Waals surface area contributed by atoms with Gasteiger partial charge in [0.25, 0.3) is 5.91 Å². The van der Waals surface area contributed by atoms with E-state index in [0.717, 1.165) is 5.39 Å². The number of furan rings is 1. The Morgan fingerprint density at radius 1 is 1.41 bits per heavy atom. The highest BCUT2D eigenvalue weighted by Crippen LogP contribution is 2.29. The van der Waals surface area contributed by atoms with Crippen LogP contribution in [-0.2, 0) is 9.53 Å². The van der Waals surface area contributed by atoms with Crippen molar-refractivity contribution in [3.8, 4) is 5.75 Å². The number of nitrogens with zero attached hydrogens (tertiary/aromatic N) is 1. The predicted octanol–water partition coefficient (Wildman–Crippen LogP) is 1.37. The van der Waals surface area contributed by atoms with Gasteiger partial charge in [-0.2, -0.15) is 0 Å². The number of carbonyl (C=O) groups is 2. The number of carboxylic acid groups (broad SMARTS) is 1. The maximum absolute atomic E-state index is 12.5. The number of fused-ring (bicyclic) bond motifs is 1. The standard InChI is InChI=1S/C15H15NO6/c1-20-10-4-2-3-9-7-11(22-13(9)10)14(17)16-5-6-21-12(8-16)15(18)19/h2-4,7,12H,5-6,8H2,1H3,(H,18,19)/t12-/m0/s1. The van der Waals surface area contributed by atoms with Crippen LogP contribution in [0.25, 0.3) is 11.0 Å². The number of amides is 1. The number of methoxy groups -OCH3 is 1. The Balaban J connectivity index is 1.87. The van der Waals surface area contributed by atoms with Crippen molar-refractivity contribution < 1.29 is 28.6 Å². The molecular formula is C15H15NO6. The smallest absolute Gasteiger partial charge is 0.334 e. The zero-order chi connectivity index (χ0) is 15.7. The van der Waals surface area contributed by atoms with Gasteiger partial charge in [-0.05, 0) is 12.1 Å². The summed E-state index contributed by atoms with van der Waals surface area (Å²) >= 11 is 0. The van der Waals surface area contributed by atoms with Gasteiger partial charge in [0.05, 0.1) is 20.3 Å². The maximum atomic E-state index is 12.5. The van der Waals surface area contributed by atoms with Crippen LogP contribution in [0.5, 0.6) is 5.75 Å². The summed E-state index contributed by atoms with van der Waals surface area (Å²) in [5.41, 5.74) is 0.497. The number of carbonyl (C=O) groups excluding carboxylic acids is 1. The molecule has 0 unspecified atom stereocenters. The van der Waals surface area contributed by atoms with Gasteiger partial charge in [0, 0.05) is 11.9 Å². The number of para-hydroxylation sites is 1. The van der Waals surface area contributed by atoms with Crippen molar-refractivity contribution in [1.82, 2.24) is 4.90 Å². The van der Waals surface area contributed by atoms with E-state index in [-0.39, 0.29) is 24.8 Å². The molecule has 2 heterocycles. The second kappa shape index (κ2) is 5.69. The number of morpholine rings is 1. The largest absolute Gasteiger partial charge is 0.493 e. The summed E-state index contributed by atoms with van der Waals surface area (Å²) < 4.78 is 15.9. The SMILES string of the molecule is COc1cccc2cc(C(=O)N3CCO[C@H](C(=O)O)C3)oc12. The van der Waals surface area contributed by atoms with Gasteiger partial charge >= 0.3 is 5.97 Å². The number of rotatable bonds is 3. The topological polar surface area (TPSA) is 89.2 Å². The van der Waals surface area contributed by atoms with Crippen LogP contribution in [0.15, 0.2) is 28.7 Å². The molecule has 1 saturated heterocycles. The Morgan fingerprint density at radius 3 is 2.95 bits per heavy atom. The molecule has 7 nitrogen and oxygen atoms in total. The third-order valence-electron chi connectivity index (χ3n) is 3.57. The van der Waals surface area contributed by atoms with Crippen molar-refractivity contribution in [1.29, 1.82) is 0 Å². The van der Waals surface area contributed by atoms with Crippen molar-refractivity contribution in [2.75, 3.05) is 26.8 Å². The first-order chi connectivity index (χ1) is 10.6. The van der Waals surface area contributed by atoms with Gasteiger partial charge in [-0.3, -0.25) is 4.79 Å². The second-order valence-electron chi connectivity index (χ2n) is 4.94. The summed E-state index contributed by atoms with van der Waals surface area (Å²) in [6, 6.07) is 7.00. The molecule has 1 amide bonds. The van der Waals surface area contributed by atoms with E-state index >= 15 is 0 Å². The highest BCUT2D eigenvalue weighted by atomic mass is 16.5. The zero-order valence-corrected chi connectivity index (χ0v) is 11.9. The van der Waals surface area contributed by atoms with Crippen molar-refractivity contribution >= 4 is 22.8 Å². The minimum atomic E-state index is -1.08. The van der Waals surface area contributed by atoms with Crippen LogP contribution in [0.4, 0.5) is 0 Å². The van der Waals surface area contributed by atoms with E-state index in [2.05, 4.69) is 0 Å². The van der Waals surface area contributed by atoms with E-state index in [1.807, 2.05) is 6.07 Å². The van der Waals surface area contributed by atoms with E-state index < -0.39 is 12.1 Å². The number of aliphatic carboxylic acids is 1. The number of benzene rings is 1. The molecule has 1 atom stereocenters. The van der Waals surface area contributed by atoms with Gasteiger partial charge in [-0.25, -0.2) is 4.79 Å². The summed E-state index contributed by atoms with van der Waals surface area (Å²) in [6.45, 7) is 0.519. The van der Waals surface area contributed by atoms with E-state index in [0.29, 0.717) is 17.9 Å². The van der Waals surface area contributed by atoms with Gasteiger partial charge in [0.15, 0.2) is 23.2 Å². The Morgan fingerprint density at radius 2 is 2.23 bits per heavy atom. The van der Waals surface area contributed by atoms with Crippen molar-refractivity contribution in [2.45, 2.75) is 6.10 Å². The van der Waals surface area contributed by atoms with E-state index in [4.69, 9.17) is 19.0 Å². The molecule has 1 fully saturated rings. The molecule has 1 aromatic carbocycles. The molecule has 116 valence electrons. The summed E-state index contributed by atoms with van der Waals surface area (Å²) in [6.07, 6.45) is -1.00. The average Bonchev–Trinajstić information content (AvgIpc) is 2.98. The monoisotopic (exact) mass is 305 g/mol. The highest BCUT2D eigenvalue weighted by molar-refractivity contribution is 5.97. The van der Waals surface area contributed by atoms with E-state index in [1.165, 1.54) is 12.0 Å². The van der Waals surface area contributed by atoms with Crippen LogP contribution in [0.2, 0.25) is 0 Å². The van der Waals surface area contributed by atoms with Crippen LogP contribution in [0.1, 0.15) is 10.6 Å². The third kappa shape index (κ3) is 2.50. The normalized spacial score (nSPS) is 18.4. The van der Waals surface area contributed by atoms with E-state index in [9.17, 15) is 9.59 Å². The van der Waals surface area contributed by atoms with E-state index in [1.54, 1.807) is 18.2 Å². The quantitative estimate of drug-likeness (QED) is 0.921. The Kier molecular flexibility index (Phi) is 3.72. The van der Waals surface area contributed by atoms with Gasteiger partial charge in [-0.1, -0.05) is 12.1 Å². The number of hydrogen-bond acceptors (Lipinski definition) is 5. The molecule has 0 bridgehead atoms. The number of hydrogen-bond donors (Lipinski definition) is 1. The molecule has 1 aliphatic heterocycles. The van der Waals surface area contributed by atoms with Crippen molar-refractivity contribution in [2.24, 2.45) is 0 Å². The Labute approximate surface area is 126 Å². The molecule has 1 N–H and O–H groups in total. The third-order valence-corrected chi connectivity index (χ3v) is 3.57. The fraction of sp³-hybridized carbons (Fsp3) is 0.333. The molecule has 0 spiro atoms. The molecule has 0 aliphatic carbocycles. The van der Waals surface area contributed by atoms with Gasteiger partial charge in [0.1, 0.15) is 0 Å². The van der Waals surface area contributed by atoms with Crippen LogP contribution in [-0.4, -0.2) is 54.8 Å². The molecule has 7 heteroatoms. The Hall–Kier alpha value is -2.54. The fourth-order valence-corrected chi connectivity index (χ4v) is 2.44. The molecule has 3 rings (SSSR count). The Bertz CT molecular complexity index is 722. The minimum Gasteiger partial charge on any atom is -0.493 e. The second-order valence-corrected chi connectivity index (χ2v) is 4.94. The lowest BCUT2D eigenvalue weighted by molar-refractivity contribution is -0.154. The fourth-order valence-electron chi connectivity index (χ4n) is 2.44. The van der Waals surface area contributed by atoms with Crippen molar-refractivity contribution in [3.05, 3.63) is 30.0 Å². The highest BCUT2D eigenvalue weighted by Gasteiger charge is 2.31. The first-order valence-corrected chi connectivity index (χ1v) is 6.80. The molecule has 1 aliphatic rings. The van der Waals surface area contributed by atoms with Gasteiger partial charge < -0.3 is 23.9 Å². The maximum Gasteiger partial charge on any atom is 0.334 e. The lowest BCUT2D eigenvalue weighted by Crippen LogP contribution is -2.48. The molecular weight excluding hydrogens is 290 g/mol. The summed E-state index contributed by atoms with van der Waals surface area (Å²) in [4.78, 5) is 24.9. The molecule has 0 radical (unpaired) electrons. The number of carboxylic acids is 1.